The Morgan fingerprint density at radius 2 is 1.67 bits per heavy atom. The molecule has 2 aliphatic rings. The summed E-state index contributed by atoms with van der Waals surface area (Å²) in [5.74, 6) is 0.767. The Kier molecular flexibility index (Phi) is 5.46. The van der Waals surface area contributed by atoms with Gasteiger partial charge in [0.25, 0.3) is 5.91 Å². The molecule has 2 aromatic rings. The first-order valence-corrected chi connectivity index (χ1v) is 9.82. The predicted octanol–water partition coefficient (Wildman–Crippen LogP) is 2.26. The molecule has 7 nitrogen and oxygen atoms in total. The predicted molar refractivity (Wildman–Crippen MR) is 105 cm³/mol. The van der Waals surface area contributed by atoms with Crippen molar-refractivity contribution in [3.63, 3.8) is 0 Å². The van der Waals surface area contributed by atoms with Gasteiger partial charge in [-0.2, -0.15) is 0 Å². The van der Waals surface area contributed by atoms with Crippen molar-refractivity contribution in [1.82, 2.24) is 20.3 Å². The second-order valence-electron chi connectivity index (χ2n) is 7.26. The summed E-state index contributed by atoms with van der Waals surface area (Å²) in [5.41, 5.74) is 1.65. The fraction of sp³-hybridized carbons (Fsp3) is 0.500. The lowest BCUT2D eigenvalue weighted by atomic mass is 9.95. The number of nitrogens with one attached hydrogen (secondary N) is 1. The fourth-order valence-corrected chi connectivity index (χ4v) is 3.86. The van der Waals surface area contributed by atoms with Crippen LogP contribution in [-0.4, -0.2) is 53.1 Å². The molecule has 4 rings (SSSR count). The number of rotatable bonds is 4. The summed E-state index contributed by atoms with van der Waals surface area (Å²) < 4.78 is 0. The van der Waals surface area contributed by atoms with E-state index in [1.807, 2.05) is 18.3 Å². The summed E-state index contributed by atoms with van der Waals surface area (Å²) >= 11 is 0. The van der Waals surface area contributed by atoms with E-state index in [9.17, 15) is 4.79 Å². The number of anilines is 2. The van der Waals surface area contributed by atoms with Crippen LogP contribution in [0.1, 0.15) is 42.5 Å². The van der Waals surface area contributed by atoms with Gasteiger partial charge in [0.05, 0.1) is 17.4 Å². The zero-order valence-electron chi connectivity index (χ0n) is 15.5. The van der Waals surface area contributed by atoms with Gasteiger partial charge in [-0.15, -0.1) is 0 Å². The minimum atomic E-state index is -0.00688. The lowest BCUT2D eigenvalue weighted by Gasteiger charge is -2.36. The van der Waals surface area contributed by atoms with Crippen molar-refractivity contribution < 1.29 is 4.79 Å². The van der Waals surface area contributed by atoms with Crippen molar-refractivity contribution in [3.05, 3.63) is 42.5 Å². The van der Waals surface area contributed by atoms with E-state index in [-0.39, 0.29) is 5.91 Å². The van der Waals surface area contributed by atoms with Crippen molar-refractivity contribution in [2.75, 3.05) is 36.0 Å². The van der Waals surface area contributed by atoms with E-state index in [1.54, 1.807) is 18.6 Å². The molecule has 142 valence electrons. The molecule has 1 saturated heterocycles. The SMILES string of the molecule is O=C(NC1CCCCC1)c1cncc(N2CCN(c3ncccn3)CC2)c1. The van der Waals surface area contributed by atoms with E-state index in [2.05, 4.69) is 30.1 Å². The van der Waals surface area contributed by atoms with Crippen molar-refractivity contribution in [3.8, 4) is 0 Å². The highest BCUT2D eigenvalue weighted by Gasteiger charge is 2.21. The van der Waals surface area contributed by atoms with E-state index in [0.717, 1.165) is 50.7 Å². The normalized spacial score (nSPS) is 18.4. The third-order valence-electron chi connectivity index (χ3n) is 5.41. The Bertz CT molecular complexity index is 754. The topological polar surface area (TPSA) is 74.2 Å². The van der Waals surface area contributed by atoms with Gasteiger partial charge < -0.3 is 15.1 Å². The summed E-state index contributed by atoms with van der Waals surface area (Å²) in [4.78, 5) is 30.0. The zero-order chi connectivity index (χ0) is 18.5. The maximum absolute atomic E-state index is 12.6. The number of hydrogen-bond acceptors (Lipinski definition) is 6. The van der Waals surface area contributed by atoms with Crippen molar-refractivity contribution in [2.45, 2.75) is 38.1 Å². The Morgan fingerprint density at radius 3 is 2.41 bits per heavy atom. The third kappa shape index (κ3) is 4.35. The number of carbonyl (C=O) groups excluding carboxylic acids is 1. The first kappa shape index (κ1) is 17.7. The van der Waals surface area contributed by atoms with Crippen LogP contribution >= 0.6 is 0 Å². The quantitative estimate of drug-likeness (QED) is 0.895. The van der Waals surface area contributed by atoms with Crippen molar-refractivity contribution in [1.29, 1.82) is 0 Å². The monoisotopic (exact) mass is 366 g/mol. The molecule has 0 bridgehead atoms. The Hall–Kier alpha value is -2.70. The Labute approximate surface area is 159 Å². The number of piperazine rings is 1. The van der Waals surface area contributed by atoms with E-state index in [1.165, 1.54) is 19.3 Å². The number of hydrogen-bond donors (Lipinski definition) is 1. The van der Waals surface area contributed by atoms with Gasteiger partial charge in [-0.3, -0.25) is 9.78 Å². The molecule has 3 heterocycles. The second-order valence-corrected chi connectivity index (χ2v) is 7.26. The van der Waals surface area contributed by atoms with Crippen LogP contribution in [0.15, 0.2) is 36.9 Å². The molecule has 1 saturated carbocycles. The lowest BCUT2D eigenvalue weighted by molar-refractivity contribution is 0.0927. The largest absolute Gasteiger partial charge is 0.367 e. The van der Waals surface area contributed by atoms with Gasteiger partial charge in [-0.05, 0) is 25.0 Å². The molecule has 2 fully saturated rings. The molecule has 1 N–H and O–H groups in total. The number of amides is 1. The lowest BCUT2D eigenvalue weighted by Crippen LogP contribution is -2.47. The van der Waals surface area contributed by atoms with Gasteiger partial charge in [0.15, 0.2) is 0 Å². The van der Waals surface area contributed by atoms with E-state index in [4.69, 9.17) is 0 Å². The van der Waals surface area contributed by atoms with E-state index in [0.29, 0.717) is 11.6 Å². The molecule has 2 aromatic heterocycles. The van der Waals surface area contributed by atoms with Crippen molar-refractivity contribution in [2.24, 2.45) is 0 Å². The number of nitrogens with zero attached hydrogens (tertiary/aromatic N) is 5. The summed E-state index contributed by atoms with van der Waals surface area (Å²) in [6.07, 6.45) is 12.9. The molecule has 0 radical (unpaired) electrons. The maximum Gasteiger partial charge on any atom is 0.253 e. The number of pyridine rings is 1. The molecule has 1 aliphatic heterocycles. The average molecular weight is 366 g/mol. The highest BCUT2D eigenvalue weighted by Crippen LogP contribution is 2.20. The van der Waals surface area contributed by atoms with Crippen LogP contribution < -0.4 is 15.1 Å². The van der Waals surface area contributed by atoms with Crippen LogP contribution in [0, 0.1) is 0 Å². The molecule has 27 heavy (non-hydrogen) atoms. The molecule has 1 aliphatic carbocycles. The van der Waals surface area contributed by atoms with Gasteiger partial charge in [0.2, 0.25) is 5.95 Å². The zero-order valence-corrected chi connectivity index (χ0v) is 15.5. The standard InChI is InChI=1S/C20H26N6O/c27-19(24-17-5-2-1-3-6-17)16-13-18(15-21-14-16)25-9-11-26(12-10-25)20-22-7-4-8-23-20/h4,7-8,13-15,17H,1-3,5-6,9-12H2,(H,24,27). The van der Waals surface area contributed by atoms with Gasteiger partial charge in [0, 0.05) is 50.8 Å². The van der Waals surface area contributed by atoms with Crippen LogP contribution in [0.25, 0.3) is 0 Å². The van der Waals surface area contributed by atoms with Gasteiger partial charge in [-0.25, -0.2) is 9.97 Å². The van der Waals surface area contributed by atoms with Crippen LogP contribution in [-0.2, 0) is 0 Å². The summed E-state index contributed by atoms with van der Waals surface area (Å²) in [6.45, 7) is 3.41. The second kappa shape index (κ2) is 8.33. The Morgan fingerprint density at radius 1 is 0.963 bits per heavy atom. The highest BCUT2D eigenvalue weighted by molar-refractivity contribution is 5.95. The summed E-state index contributed by atoms with van der Waals surface area (Å²) in [6, 6.07) is 4.10. The molecular weight excluding hydrogens is 340 g/mol. The Balaban J connectivity index is 1.37. The van der Waals surface area contributed by atoms with Gasteiger partial charge in [-0.1, -0.05) is 19.3 Å². The van der Waals surface area contributed by atoms with Gasteiger partial charge >= 0.3 is 0 Å². The van der Waals surface area contributed by atoms with Crippen LogP contribution in [0.4, 0.5) is 11.6 Å². The third-order valence-corrected chi connectivity index (χ3v) is 5.41. The minimum Gasteiger partial charge on any atom is -0.367 e. The molecule has 0 unspecified atom stereocenters. The van der Waals surface area contributed by atoms with E-state index < -0.39 is 0 Å². The maximum atomic E-state index is 12.6. The van der Waals surface area contributed by atoms with Crippen LogP contribution in [0.3, 0.4) is 0 Å². The first-order chi connectivity index (χ1) is 13.3. The minimum absolute atomic E-state index is 0.00688. The molecule has 0 atom stereocenters. The molecule has 0 aromatic carbocycles. The van der Waals surface area contributed by atoms with E-state index >= 15 is 0 Å². The molecule has 1 amide bonds. The van der Waals surface area contributed by atoms with Crippen molar-refractivity contribution >= 4 is 17.5 Å². The smallest absolute Gasteiger partial charge is 0.253 e. The molecular formula is C20H26N6O. The first-order valence-electron chi connectivity index (χ1n) is 9.82. The number of carbonyl (C=O) groups is 1. The average Bonchev–Trinajstić information content (AvgIpc) is 2.75. The molecule has 7 heteroatoms. The molecule has 0 spiro atoms. The summed E-state index contributed by atoms with van der Waals surface area (Å²) in [5, 5.41) is 3.17. The summed E-state index contributed by atoms with van der Waals surface area (Å²) in [7, 11) is 0. The fourth-order valence-electron chi connectivity index (χ4n) is 3.86. The van der Waals surface area contributed by atoms with Crippen LogP contribution in [0.5, 0.6) is 0 Å². The van der Waals surface area contributed by atoms with Crippen LogP contribution in [0.2, 0.25) is 0 Å². The number of aromatic nitrogens is 3. The van der Waals surface area contributed by atoms with Gasteiger partial charge in [0.1, 0.15) is 0 Å². The highest BCUT2D eigenvalue weighted by atomic mass is 16.1.